The van der Waals surface area contributed by atoms with Crippen molar-refractivity contribution in [3.8, 4) is 5.75 Å². The number of carbonyl (C=O) groups is 3. The molecular formula is C24H27N3O4S. The van der Waals surface area contributed by atoms with Gasteiger partial charge in [-0.05, 0) is 37.1 Å². The molecule has 1 fully saturated rings. The van der Waals surface area contributed by atoms with Crippen LogP contribution in [0.2, 0.25) is 0 Å². The fourth-order valence-electron chi connectivity index (χ4n) is 4.03. The zero-order valence-corrected chi connectivity index (χ0v) is 18.9. The van der Waals surface area contributed by atoms with Crippen LogP contribution >= 0.6 is 11.8 Å². The number of likely N-dealkylation sites (tertiary alicyclic amines) is 1. The van der Waals surface area contributed by atoms with Crippen molar-refractivity contribution in [3.05, 3.63) is 53.6 Å². The fourth-order valence-corrected chi connectivity index (χ4v) is 4.96. The Bertz CT molecular complexity index is 1020. The maximum Gasteiger partial charge on any atom is 0.251 e. The first-order valence-corrected chi connectivity index (χ1v) is 11.8. The number of methoxy groups -OCH3 is 1. The first-order chi connectivity index (χ1) is 15.5. The van der Waals surface area contributed by atoms with Crippen LogP contribution < -0.4 is 15.4 Å². The number of ether oxygens (including phenoxy) is 1. The Morgan fingerprint density at radius 2 is 1.97 bits per heavy atom. The molecule has 7 nitrogen and oxygen atoms in total. The van der Waals surface area contributed by atoms with Gasteiger partial charge in [-0.15, -0.1) is 11.8 Å². The first kappa shape index (κ1) is 22.2. The van der Waals surface area contributed by atoms with Gasteiger partial charge >= 0.3 is 0 Å². The molecule has 32 heavy (non-hydrogen) atoms. The van der Waals surface area contributed by atoms with Crippen LogP contribution in [0.5, 0.6) is 5.75 Å². The number of para-hydroxylation sites is 1. The zero-order chi connectivity index (χ0) is 22.5. The van der Waals surface area contributed by atoms with Gasteiger partial charge in [0.2, 0.25) is 11.8 Å². The summed E-state index contributed by atoms with van der Waals surface area (Å²) >= 11 is 1.61. The molecule has 2 aromatic carbocycles. The Labute approximate surface area is 191 Å². The van der Waals surface area contributed by atoms with Crippen LogP contribution in [0, 0.1) is 0 Å². The Balaban J connectivity index is 1.31. The van der Waals surface area contributed by atoms with Gasteiger partial charge in [-0.25, -0.2) is 0 Å². The van der Waals surface area contributed by atoms with E-state index in [0.29, 0.717) is 50.0 Å². The summed E-state index contributed by atoms with van der Waals surface area (Å²) in [7, 11) is 1.61. The Kier molecular flexibility index (Phi) is 6.99. The highest BCUT2D eigenvalue weighted by Gasteiger charge is 2.25. The lowest BCUT2D eigenvalue weighted by Crippen LogP contribution is -2.47. The molecule has 0 bridgehead atoms. The summed E-state index contributed by atoms with van der Waals surface area (Å²) in [5.74, 6) is 1.34. The SMILES string of the molecule is COc1ccccc1CC(=O)N1CCC(NC(=O)c2ccc3c(c2)NC(=O)CCS3)CC1. The minimum atomic E-state index is -0.157. The normalized spacial score (nSPS) is 16.5. The molecule has 2 aromatic rings. The minimum Gasteiger partial charge on any atom is -0.496 e. The Morgan fingerprint density at radius 1 is 1.19 bits per heavy atom. The van der Waals surface area contributed by atoms with Gasteiger partial charge in [0, 0.05) is 47.3 Å². The second-order valence-electron chi connectivity index (χ2n) is 7.97. The molecule has 2 N–H and O–H groups in total. The van der Waals surface area contributed by atoms with E-state index >= 15 is 0 Å². The molecule has 8 heteroatoms. The molecule has 0 aromatic heterocycles. The molecule has 1 saturated heterocycles. The second kappa shape index (κ2) is 10.1. The lowest BCUT2D eigenvalue weighted by molar-refractivity contribution is -0.131. The van der Waals surface area contributed by atoms with Gasteiger partial charge in [0.05, 0.1) is 19.2 Å². The number of nitrogens with zero attached hydrogens (tertiary/aromatic N) is 1. The highest BCUT2D eigenvalue weighted by atomic mass is 32.2. The van der Waals surface area contributed by atoms with Crippen LogP contribution in [0.1, 0.15) is 35.2 Å². The highest BCUT2D eigenvalue weighted by Crippen LogP contribution is 2.31. The molecule has 168 valence electrons. The Morgan fingerprint density at radius 3 is 2.75 bits per heavy atom. The van der Waals surface area contributed by atoms with Crippen molar-refractivity contribution in [2.24, 2.45) is 0 Å². The van der Waals surface area contributed by atoms with E-state index in [2.05, 4.69) is 10.6 Å². The average Bonchev–Trinajstić information content (AvgIpc) is 2.99. The van der Waals surface area contributed by atoms with Gasteiger partial charge in [-0.2, -0.15) is 0 Å². The average molecular weight is 454 g/mol. The number of nitrogens with one attached hydrogen (secondary N) is 2. The van der Waals surface area contributed by atoms with Crippen LogP contribution in [-0.4, -0.2) is 54.6 Å². The number of fused-ring (bicyclic) bond motifs is 1. The van der Waals surface area contributed by atoms with Gasteiger partial charge < -0.3 is 20.3 Å². The van der Waals surface area contributed by atoms with Crippen molar-refractivity contribution in [2.45, 2.75) is 36.6 Å². The monoisotopic (exact) mass is 453 g/mol. The van der Waals surface area contributed by atoms with Gasteiger partial charge in [0.1, 0.15) is 5.75 Å². The van der Waals surface area contributed by atoms with Crippen LogP contribution in [0.4, 0.5) is 5.69 Å². The number of piperidine rings is 1. The molecule has 4 rings (SSSR count). The van der Waals surface area contributed by atoms with Gasteiger partial charge in [0.15, 0.2) is 0 Å². The van der Waals surface area contributed by atoms with E-state index in [1.54, 1.807) is 31.0 Å². The molecule has 0 spiro atoms. The Hall–Kier alpha value is -3.00. The molecule has 3 amide bonds. The second-order valence-corrected chi connectivity index (χ2v) is 9.11. The van der Waals surface area contributed by atoms with Crippen molar-refractivity contribution in [1.82, 2.24) is 10.2 Å². The molecule has 0 atom stereocenters. The summed E-state index contributed by atoms with van der Waals surface area (Å²) < 4.78 is 5.34. The lowest BCUT2D eigenvalue weighted by Gasteiger charge is -2.32. The van der Waals surface area contributed by atoms with E-state index in [9.17, 15) is 14.4 Å². The molecule has 0 radical (unpaired) electrons. The lowest BCUT2D eigenvalue weighted by atomic mass is 10.0. The van der Waals surface area contributed by atoms with Crippen LogP contribution in [0.3, 0.4) is 0 Å². The highest BCUT2D eigenvalue weighted by molar-refractivity contribution is 7.99. The largest absolute Gasteiger partial charge is 0.496 e. The van der Waals surface area contributed by atoms with Crippen molar-refractivity contribution in [1.29, 1.82) is 0 Å². The third-order valence-corrected chi connectivity index (χ3v) is 6.89. The molecular weight excluding hydrogens is 426 g/mol. The van der Waals surface area contributed by atoms with Crippen molar-refractivity contribution < 1.29 is 19.1 Å². The number of anilines is 1. The molecule has 2 heterocycles. The van der Waals surface area contributed by atoms with E-state index in [-0.39, 0.29) is 23.8 Å². The van der Waals surface area contributed by atoms with Crippen LogP contribution in [-0.2, 0) is 16.0 Å². The minimum absolute atomic E-state index is 0.0144. The zero-order valence-electron chi connectivity index (χ0n) is 18.1. The quantitative estimate of drug-likeness (QED) is 0.727. The van der Waals surface area contributed by atoms with E-state index in [1.165, 1.54) is 0 Å². The number of thioether (sulfide) groups is 1. The van der Waals surface area contributed by atoms with E-state index in [0.717, 1.165) is 22.0 Å². The number of rotatable bonds is 5. The van der Waals surface area contributed by atoms with Crippen LogP contribution in [0.25, 0.3) is 0 Å². The van der Waals surface area contributed by atoms with Crippen molar-refractivity contribution >= 4 is 35.2 Å². The summed E-state index contributed by atoms with van der Waals surface area (Å²) in [6.07, 6.45) is 2.19. The van der Waals surface area contributed by atoms with Crippen LogP contribution in [0.15, 0.2) is 47.4 Å². The third kappa shape index (κ3) is 5.24. The summed E-state index contributed by atoms with van der Waals surface area (Å²) in [6, 6.07) is 13.0. The predicted octanol–water partition coefficient (Wildman–Crippen LogP) is 3.09. The summed E-state index contributed by atoms with van der Waals surface area (Å²) in [5, 5.41) is 5.95. The molecule has 0 unspecified atom stereocenters. The van der Waals surface area contributed by atoms with Gasteiger partial charge in [0.25, 0.3) is 5.91 Å². The van der Waals surface area contributed by atoms with E-state index in [1.807, 2.05) is 35.2 Å². The van der Waals surface area contributed by atoms with E-state index in [4.69, 9.17) is 4.74 Å². The number of amides is 3. The summed E-state index contributed by atoms with van der Waals surface area (Å²) in [4.78, 5) is 40.1. The maximum absolute atomic E-state index is 12.8. The molecule has 2 aliphatic heterocycles. The van der Waals surface area contributed by atoms with Gasteiger partial charge in [-0.1, -0.05) is 18.2 Å². The van der Waals surface area contributed by atoms with Gasteiger partial charge in [-0.3, -0.25) is 14.4 Å². The number of carbonyl (C=O) groups excluding carboxylic acids is 3. The van der Waals surface area contributed by atoms with Crippen molar-refractivity contribution in [3.63, 3.8) is 0 Å². The molecule has 0 aliphatic carbocycles. The van der Waals surface area contributed by atoms with E-state index < -0.39 is 0 Å². The smallest absolute Gasteiger partial charge is 0.251 e. The molecule has 0 saturated carbocycles. The standard InChI is InChI=1S/C24H27N3O4S/c1-31-20-5-3-2-4-16(20)15-23(29)27-11-8-18(9-12-27)25-24(30)17-6-7-21-19(14-17)26-22(28)10-13-32-21/h2-7,14,18H,8-13,15H2,1H3,(H,25,30)(H,26,28). The number of benzene rings is 2. The topological polar surface area (TPSA) is 87.7 Å². The maximum atomic E-state index is 12.8. The third-order valence-electron chi connectivity index (χ3n) is 5.82. The summed E-state index contributed by atoms with van der Waals surface area (Å²) in [6.45, 7) is 1.21. The predicted molar refractivity (Wildman–Crippen MR) is 124 cm³/mol. The molecule has 2 aliphatic rings. The van der Waals surface area contributed by atoms with Crippen molar-refractivity contribution in [2.75, 3.05) is 31.3 Å². The number of hydrogen-bond acceptors (Lipinski definition) is 5. The summed E-state index contributed by atoms with van der Waals surface area (Å²) in [5.41, 5.74) is 2.10. The fraction of sp³-hybridized carbons (Fsp3) is 0.375. The first-order valence-electron chi connectivity index (χ1n) is 10.8. The number of hydrogen-bond donors (Lipinski definition) is 2.